The Kier molecular flexibility index (Phi) is 5.28. The molecular formula is C17H25N3O3S. The third-order valence-corrected chi connectivity index (χ3v) is 6.45. The lowest BCUT2D eigenvalue weighted by molar-refractivity contribution is 0.244. The van der Waals surface area contributed by atoms with Crippen molar-refractivity contribution < 1.29 is 13.2 Å². The van der Waals surface area contributed by atoms with Gasteiger partial charge in [-0.2, -0.15) is 0 Å². The highest BCUT2D eigenvalue weighted by atomic mass is 32.2. The number of carbonyl (C=O) groups is 1. The predicted octanol–water partition coefficient (Wildman–Crippen LogP) is 2.74. The number of amides is 2. The van der Waals surface area contributed by atoms with E-state index in [1.807, 2.05) is 24.3 Å². The molecule has 2 amide bonds. The van der Waals surface area contributed by atoms with Crippen LogP contribution in [0.4, 0.5) is 16.2 Å². The molecule has 1 atom stereocenters. The average Bonchev–Trinajstić information content (AvgIpc) is 2.89. The molecule has 1 aromatic carbocycles. The van der Waals surface area contributed by atoms with Crippen molar-refractivity contribution in [3.8, 4) is 0 Å². The Morgan fingerprint density at radius 3 is 2.21 bits per heavy atom. The number of urea groups is 1. The topological polar surface area (TPSA) is 87.3 Å². The van der Waals surface area contributed by atoms with Crippen LogP contribution in [-0.2, 0) is 9.84 Å². The lowest BCUT2D eigenvalue weighted by atomic mass is 9.96. The first kappa shape index (κ1) is 17.1. The molecule has 2 fully saturated rings. The Morgan fingerprint density at radius 2 is 1.58 bits per heavy atom. The summed E-state index contributed by atoms with van der Waals surface area (Å²) in [7, 11) is -2.88. The molecule has 1 aliphatic carbocycles. The van der Waals surface area contributed by atoms with Crippen LogP contribution in [0.1, 0.15) is 38.5 Å². The molecule has 0 radical (unpaired) electrons. The number of hydrogen-bond donors (Lipinski definition) is 3. The van der Waals surface area contributed by atoms with Gasteiger partial charge in [-0.3, -0.25) is 0 Å². The van der Waals surface area contributed by atoms with Gasteiger partial charge in [0.25, 0.3) is 0 Å². The molecule has 3 rings (SSSR count). The fraction of sp³-hybridized carbons (Fsp3) is 0.588. The van der Waals surface area contributed by atoms with Crippen LogP contribution >= 0.6 is 0 Å². The van der Waals surface area contributed by atoms with Gasteiger partial charge in [-0.05, 0) is 43.5 Å². The van der Waals surface area contributed by atoms with E-state index in [2.05, 4.69) is 16.0 Å². The second-order valence-electron chi connectivity index (χ2n) is 6.76. The summed E-state index contributed by atoms with van der Waals surface area (Å²) in [6, 6.07) is 7.47. The van der Waals surface area contributed by atoms with Crippen molar-refractivity contribution in [1.82, 2.24) is 5.32 Å². The number of rotatable bonds is 4. The van der Waals surface area contributed by atoms with E-state index in [1.165, 1.54) is 19.3 Å². The number of nitrogens with one attached hydrogen (secondary N) is 3. The first-order valence-corrected chi connectivity index (χ1v) is 10.5. The highest BCUT2D eigenvalue weighted by Gasteiger charge is 2.27. The highest BCUT2D eigenvalue weighted by molar-refractivity contribution is 7.91. The molecule has 3 N–H and O–H groups in total. The largest absolute Gasteiger partial charge is 0.381 e. The van der Waals surface area contributed by atoms with Crippen LogP contribution in [0.25, 0.3) is 0 Å². The van der Waals surface area contributed by atoms with Crippen LogP contribution in [0.2, 0.25) is 0 Å². The van der Waals surface area contributed by atoms with E-state index in [1.54, 1.807) is 0 Å². The van der Waals surface area contributed by atoms with E-state index in [9.17, 15) is 13.2 Å². The number of benzene rings is 1. The van der Waals surface area contributed by atoms with E-state index >= 15 is 0 Å². The third-order valence-electron chi connectivity index (χ3n) is 4.69. The summed E-state index contributed by atoms with van der Waals surface area (Å²) in [5.74, 6) is 0.447. The fourth-order valence-corrected chi connectivity index (χ4v) is 5.07. The highest BCUT2D eigenvalue weighted by Crippen LogP contribution is 2.20. The Hall–Kier alpha value is -1.76. The molecule has 2 aliphatic rings. The van der Waals surface area contributed by atoms with Crippen LogP contribution in [0.3, 0.4) is 0 Å². The van der Waals surface area contributed by atoms with Crippen molar-refractivity contribution in [2.24, 2.45) is 0 Å². The number of hydrogen-bond acceptors (Lipinski definition) is 4. The van der Waals surface area contributed by atoms with Crippen LogP contribution in [-0.4, -0.2) is 38.0 Å². The zero-order valence-electron chi connectivity index (χ0n) is 13.8. The zero-order chi connectivity index (χ0) is 17.0. The van der Waals surface area contributed by atoms with Gasteiger partial charge in [0, 0.05) is 23.5 Å². The summed E-state index contributed by atoms with van der Waals surface area (Å²) in [6.07, 6.45) is 6.38. The lowest BCUT2D eigenvalue weighted by Crippen LogP contribution is -2.39. The number of anilines is 2. The minimum absolute atomic E-state index is 0.0246. The molecule has 24 heavy (non-hydrogen) atoms. The molecule has 1 aromatic rings. The summed E-state index contributed by atoms with van der Waals surface area (Å²) in [5.41, 5.74) is 1.60. The summed E-state index contributed by atoms with van der Waals surface area (Å²) in [4.78, 5) is 12.0. The standard InChI is InChI=1S/C17H25N3O3S/c21-17(19-13-4-2-1-3-5-13)20-15-8-6-14(7-9-15)18-16-10-11-24(22,23)12-16/h6-9,13,16,18H,1-5,10-12H2,(H2,19,20,21). The Morgan fingerprint density at radius 1 is 0.917 bits per heavy atom. The molecule has 7 heteroatoms. The van der Waals surface area contributed by atoms with E-state index in [0.29, 0.717) is 6.42 Å². The average molecular weight is 351 g/mol. The summed E-state index contributed by atoms with van der Waals surface area (Å²) >= 11 is 0. The monoisotopic (exact) mass is 351 g/mol. The Bertz CT molecular complexity index is 667. The molecule has 0 bridgehead atoms. The quantitative estimate of drug-likeness (QED) is 0.778. The van der Waals surface area contributed by atoms with E-state index in [4.69, 9.17) is 0 Å². The molecule has 0 spiro atoms. The molecule has 132 valence electrons. The summed E-state index contributed by atoms with van der Waals surface area (Å²) in [6.45, 7) is 0. The second-order valence-corrected chi connectivity index (χ2v) is 8.98. The smallest absolute Gasteiger partial charge is 0.319 e. The molecule has 1 heterocycles. The van der Waals surface area contributed by atoms with E-state index < -0.39 is 9.84 Å². The maximum atomic E-state index is 12.0. The van der Waals surface area contributed by atoms with Crippen LogP contribution in [0.15, 0.2) is 24.3 Å². The van der Waals surface area contributed by atoms with Crippen molar-refractivity contribution in [2.45, 2.75) is 50.6 Å². The Balaban J connectivity index is 1.48. The maximum Gasteiger partial charge on any atom is 0.319 e. The maximum absolute atomic E-state index is 12.0. The van der Waals surface area contributed by atoms with Crippen molar-refractivity contribution >= 4 is 27.2 Å². The van der Waals surface area contributed by atoms with Crippen LogP contribution in [0, 0.1) is 0 Å². The molecule has 1 saturated heterocycles. The van der Waals surface area contributed by atoms with Gasteiger partial charge in [0.15, 0.2) is 9.84 Å². The van der Waals surface area contributed by atoms with Crippen molar-refractivity contribution in [3.05, 3.63) is 24.3 Å². The number of sulfone groups is 1. The molecule has 6 nitrogen and oxygen atoms in total. The van der Waals surface area contributed by atoms with Crippen LogP contribution in [0.5, 0.6) is 0 Å². The minimum Gasteiger partial charge on any atom is -0.381 e. The molecular weight excluding hydrogens is 326 g/mol. The van der Waals surface area contributed by atoms with Gasteiger partial charge in [0.1, 0.15) is 0 Å². The van der Waals surface area contributed by atoms with E-state index in [0.717, 1.165) is 24.2 Å². The van der Waals surface area contributed by atoms with Crippen molar-refractivity contribution in [1.29, 1.82) is 0 Å². The van der Waals surface area contributed by atoms with Gasteiger partial charge in [-0.25, -0.2) is 13.2 Å². The van der Waals surface area contributed by atoms with Crippen LogP contribution < -0.4 is 16.0 Å². The number of carbonyl (C=O) groups excluding carboxylic acids is 1. The second kappa shape index (κ2) is 7.42. The molecule has 1 unspecified atom stereocenters. The zero-order valence-corrected chi connectivity index (χ0v) is 14.6. The van der Waals surface area contributed by atoms with Gasteiger partial charge in [-0.1, -0.05) is 19.3 Å². The van der Waals surface area contributed by atoms with Crippen molar-refractivity contribution in [3.63, 3.8) is 0 Å². The Labute approximate surface area is 143 Å². The SMILES string of the molecule is O=C(Nc1ccc(NC2CCS(=O)(=O)C2)cc1)NC1CCCCC1. The molecule has 1 saturated carbocycles. The minimum atomic E-state index is -2.88. The van der Waals surface area contributed by atoms with Crippen molar-refractivity contribution in [2.75, 3.05) is 22.1 Å². The van der Waals surface area contributed by atoms with E-state index in [-0.39, 0.29) is 29.6 Å². The van der Waals surface area contributed by atoms with Gasteiger partial charge < -0.3 is 16.0 Å². The first-order chi connectivity index (χ1) is 11.5. The molecule has 1 aliphatic heterocycles. The lowest BCUT2D eigenvalue weighted by Gasteiger charge is -2.22. The van der Waals surface area contributed by atoms with Gasteiger partial charge >= 0.3 is 6.03 Å². The van der Waals surface area contributed by atoms with Gasteiger partial charge in [-0.15, -0.1) is 0 Å². The normalized spacial score (nSPS) is 23.6. The fourth-order valence-electron chi connectivity index (χ4n) is 3.39. The first-order valence-electron chi connectivity index (χ1n) is 8.65. The third kappa shape index (κ3) is 4.87. The summed E-state index contributed by atoms with van der Waals surface area (Å²) in [5, 5.41) is 9.10. The predicted molar refractivity (Wildman–Crippen MR) is 96.2 cm³/mol. The van der Waals surface area contributed by atoms with Gasteiger partial charge in [0.2, 0.25) is 0 Å². The van der Waals surface area contributed by atoms with Gasteiger partial charge in [0.05, 0.1) is 11.5 Å². The molecule has 0 aromatic heterocycles. The summed E-state index contributed by atoms with van der Waals surface area (Å²) < 4.78 is 23.0.